The van der Waals surface area contributed by atoms with Gasteiger partial charge in [-0.2, -0.15) is 18.3 Å². The SMILES string of the molecule is C=C(C)O.NC(=O)c1cc(-c2cccnc2C(Cc2cc(F)cc(F)c2)NC(=O)Cn2cc(CN3CCOCC3)c(C(F)(F)F)n2)ccc1F. The van der Waals surface area contributed by atoms with Crippen molar-refractivity contribution in [1.82, 2.24) is 25.0 Å². The predicted molar refractivity (Wildman–Crippen MR) is 170 cm³/mol. The average Bonchev–Trinajstić information content (AvgIpc) is 3.43. The van der Waals surface area contributed by atoms with Gasteiger partial charge in [-0.3, -0.25) is 24.2 Å². The summed E-state index contributed by atoms with van der Waals surface area (Å²) in [5.74, 6) is -4.21. The summed E-state index contributed by atoms with van der Waals surface area (Å²) in [5.41, 5.74) is 4.64. The third kappa shape index (κ3) is 10.4. The number of carbonyl (C=O) groups excluding carboxylic acids is 2. The first-order chi connectivity index (χ1) is 23.6. The zero-order valence-electron chi connectivity index (χ0n) is 26.8. The van der Waals surface area contributed by atoms with Crippen LogP contribution in [0.3, 0.4) is 0 Å². The van der Waals surface area contributed by atoms with Gasteiger partial charge >= 0.3 is 6.18 Å². The zero-order valence-corrected chi connectivity index (χ0v) is 26.8. The van der Waals surface area contributed by atoms with E-state index >= 15 is 0 Å². The van der Waals surface area contributed by atoms with Crippen molar-refractivity contribution in [2.45, 2.75) is 38.7 Å². The van der Waals surface area contributed by atoms with E-state index in [9.17, 15) is 35.9 Å². The summed E-state index contributed by atoms with van der Waals surface area (Å²) in [5, 5.41) is 14.2. The normalized spacial score (nSPS) is 14.0. The van der Waals surface area contributed by atoms with Crippen LogP contribution >= 0.6 is 0 Å². The van der Waals surface area contributed by atoms with Gasteiger partial charge in [-0.15, -0.1) is 0 Å². The fourth-order valence-corrected chi connectivity index (χ4v) is 5.29. The smallest absolute Gasteiger partial charge is 0.435 e. The molecule has 1 aliphatic rings. The minimum atomic E-state index is -4.77. The van der Waals surface area contributed by atoms with Crippen LogP contribution < -0.4 is 11.1 Å². The Labute approximate surface area is 283 Å². The number of allylic oxidation sites excluding steroid dienone is 1. The number of alkyl halides is 3. The van der Waals surface area contributed by atoms with Crippen molar-refractivity contribution in [1.29, 1.82) is 0 Å². The van der Waals surface area contributed by atoms with Gasteiger partial charge in [-0.1, -0.05) is 18.7 Å². The fraction of sp³-hybridized carbons (Fsp3) is 0.294. The number of primary amides is 1. The first kappa shape index (κ1) is 37.6. The Morgan fingerprint density at radius 3 is 2.36 bits per heavy atom. The molecule has 2 aromatic heterocycles. The number of nitrogens with zero attached hydrogens (tertiary/aromatic N) is 4. The number of halogens is 6. The van der Waals surface area contributed by atoms with E-state index in [2.05, 4.69) is 22.0 Å². The molecular weight excluding hydrogens is 670 g/mol. The molecule has 1 atom stereocenters. The standard InChI is InChI=1S/C31H28F6N6O3.C3H6O/c32-21-10-18(11-22(33)14-21)12-26(28-23(2-1-5-39-28)19-3-4-25(34)24(13-19)30(38)45)40-27(44)17-43-16-20(29(41-43)31(35,36)37)15-42-6-8-46-9-7-42;1-3(2)4/h1-5,10-11,13-14,16,26H,6-9,12,15,17H2,(H2,38,45)(H,40,44);4H,1H2,2H3. The van der Waals surface area contributed by atoms with Gasteiger partial charge < -0.3 is 20.9 Å². The van der Waals surface area contributed by atoms with Crippen LogP contribution in [0, 0.1) is 17.5 Å². The molecule has 4 aromatic rings. The number of benzene rings is 2. The molecule has 1 aliphatic heterocycles. The maximum absolute atomic E-state index is 14.2. The van der Waals surface area contributed by atoms with E-state index in [1.165, 1.54) is 25.3 Å². The van der Waals surface area contributed by atoms with Gasteiger partial charge in [0.2, 0.25) is 5.91 Å². The lowest BCUT2D eigenvalue weighted by molar-refractivity contribution is -0.142. The van der Waals surface area contributed by atoms with Gasteiger partial charge in [0.25, 0.3) is 5.91 Å². The molecule has 16 heteroatoms. The van der Waals surface area contributed by atoms with E-state index in [1.54, 1.807) is 17.0 Å². The molecular formula is C34H34F6N6O4. The van der Waals surface area contributed by atoms with E-state index in [4.69, 9.17) is 15.6 Å². The number of aliphatic hydroxyl groups is 1. The number of pyridine rings is 1. The molecule has 10 nitrogen and oxygen atoms in total. The van der Waals surface area contributed by atoms with Gasteiger partial charge in [-0.05, 0) is 54.8 Å². The second-order valence-electron chi connectivity index (χ2n) is 11.4. The van der Waals surface area contributed by atoms with Gasteiger partial charge in [0.05, 0.1) is 36.3 Å². The van der Waals surface area contributed by atoms with Crippen molar-refractivity contribution in [2.75, 3.05) is 26.3 Å². The molecule has 0 spiro atoms. The van der Waals surface area contributed by atoms with Crippen molar-refractivity contribution in [3.05, 3.63) is 119 Å². The lowest BCUT2D eigenvalue weighted by Gasteiger charge is -2.26. The summed E-state index contributed by atoms with van der Waals surface area (Å²) in [6.45, 7) is 5.61. The number of aliphatic hydroxyl groups excluding tert-OH is 1. The van der Waals surface area contributed by atoms with E-state index in [1.807, 2.05) is 0 Å². The number of ether oxygens (including phenoxy) is 1. The number of aromatic nitrogens is 3. The number of morpholine rings is 1. The van der Waals surface area contributed by atoms with Crippen LogP contribution in [0.25, 0.3) is 11.1 Å². The fourth-order valence-electron chi connectivity index (χ4n) is 5.29. The summed E-state index contributed by atoms with van der Waals surface area (Å²) in [4.78, 5) is 31.3. The third-order valence-electron chi connectivity index (χ3n) is 7.32. The Hall–Kier alpha value is -5.22. The van der Waals surface area contributed by atoms with Crippen molar-refractivity contribution in [3.8, 4) is 11.1 Å². The minimum absolute atomic E-state index is 0.0458. The Morgan fingerprint density at radius 2 is 1.74 bits per heavy atom. The molecule has 4 N–H and O–H groups in total. The number of nitrogens with two attached hydrogens (primary N) is 1. The zero-order chi connectivity index (χ0) is 36.6. The summed E-state index contributed by atoms with van der Waals surface area (Å²) < 4.78 is 90.2. The highest BCUT2D eigenvalue weighted by Gasteiger charge is 2.38. The predicted octanol–water partition coefficient (Wildman–Crippen LogP) is 5.49. The molecule has 50 heavy (non-hydrogen) atoms. The van der Waals surface area contributed by atoms with Crippen LogP contribution in [0.5, 0.6) is 0 Å². The summed E-state index contributed by atoms with van der Waals surface area (Å²) >= 11 is 0. The molecule has 0 aliphatic carbocycles. The van der Waals surface area contributed by atoms with Crippen LogP contribution in [0.4, 0.5) is 26.3 Å². The monoisotopic (exact) mass is 704 g/mol. The van der Waals surface area contributed by atoms with Crippen LogP contribution in [-0.2, 0) is 35.2 Å². The highest BCUT2D eigenvalue weighted by atomic mass is 19.4. The quantitative estimate of drug-likeness (QED) is 0.147. The number of rotatable bonds is 10. The molecule has 5 rings (SSSR count). The van der Waals surface area contributed by atoms with Gasteiger partial charge in [0.1, 0.15) is 24.0 Å². The molecule has 1 unspecified atom stereocenters. The summed E-state index contributed by atoms with van der Waals surface area (Å²) in [6.07, 6.45) is -2.41. The van der Waals surface area contributed by atoms with Crippen LogP contribution in [0.1, 0.15) is 45.8 Å². The Bertz CT molecular complexity index is 1820. The van der Waals surface area contributed by atoms with Crippen LogP contribution in [0.15, 0.2) is 73.3 Å². The third-order valence-corrected chi connectivity index (χ3v) is 7.32. The molecule has 2 aromatic carbocycles. The molecule has 2 amide bonds. The van der Waals surface area contributed by atoms with E-state index in [0.717, 1.165) is 29.1 Å². The molecule has 266 valence electrons. The number of hydrogen-bond donors (Lipinski definition) is 3. The van der Waals surface area contributed by atoms with Gasteiger partial charge in [-0.25, -0.2) is 13.2 Å². The molecule has 0 saturated carbocycles. The average molecular weight is 705 g/mol. The van der Waals surface area contributed by atoms with Crippen molar-refractivity contribution in [2.24, 2.45) is 5.73 Å². The topological polar surface area (TPSA) is 136 Å². The minimum Gasteiger partial charge on any atom is -0.513 e. The Morgan fingerprint density at radius 1 is 1.08 bits per heavy atom. The molecule has 3 heterocycles. The first-order valence-electron chi connectivity index (χ1n) is 15.2. The first-order valence-corrected chi connectivity index (χ1v) is 15.2. The number of carbonyl (C=O) groups is 2. The Kier molecular flexibility index (Phi) is 12.4. The molecule has 0 bridgehead atoms. The Balaban J connectivity index is 0.00000133. The van der Waals surface area contributed by atoms with Crippen LogP contribution in [-0.4, -0.2) is 62.9 Å². The van der Waals surface area contributed by atoms with Crippen molar-refractivity contribution >= 4 is 11.8 Å². The van der Waals surface area contributed by atoms with Gasteiger partial charge in [0, 0.05) is 49.2 Å². The van der Waals surface area contributed by atoms with E-state index in [0.29, 0.717) is 43.5 Å². The van der Waals surface area contributed by atoms with Crippen LogP contribution in [0.2, 0.25) is 0 Å². The molecule has 1 saturated heterocycles. The highest BCUT2D eigenvalue weighted by molar-refractivity contribution is 5.94. The largest absolute Gasteiger partial charge is 0.513 e. The number of amides is 2. The van der Waals surface area contributed by atoms with Gasteiger partial charge in [0.15, 0.2) is 5.69 Å². The van der Waals surface area contributed by atoms with E-state index in [-0.39, 0.29) is 35.5 Å². The second kappa shape index (κ2) is 16.5. The summed E-state index contributed by atoms with van der Waals surface area (Å²) in [6, 6.07) is 8.45. The lowest BCUT2D eigenvalue weighted by Crippen LogP contribution is -2.36. The molecule has 0 radical (unpaired) electrons. The van der Waals surface area contributed by atoms with E-state index < -0.39 is 59.3 Å². The second-order valence-corrected chi connectivity index (χ2v) is 11.4. The van der Waals surface area contributed by atoms with Crippen molar-refractivity contribution < 1.29 is 45.8 Å². The number of nitrogens with one attached hydrogen (secondary N) is 1. The van der Waals surface area contributed by atoms with Crippen molar-refractivity contribution in [3.63, 3.8) is 0 Å². The summed E-state index contributed by atoms with van der Waals surface area (Å²) in [7, 11) is 0. The number of hydrogen-bond acceptors (Lipinski definition) is 7. The highest BCUT2D eigenvalue weighted by Crippen LogP contribution is 2.32. The maximum atomic E-state index is 14.2. The lowest BCUT2D eigenvalue weighted by atomic mass is 9.94. The maximum Gasteiger partial charge on any atom is 0.435 e. The molecule has 1 fully saturated rings.